The number of benzene rings is 1. The third-order valence-corrected chi connectivity index (χ3v) is 3.98. The third-order valence-electron chi connectivity index (χ3n) is 3.98. The molecule has 0 saturated heterocycles. The lowest BCUT2D eigenvalue weighted by molar-refractivity contribution is -0.140. The van der Waals surface area contributed by atoms with Crippen molar-refractivity contribution in [1.29, 1.82) is 0 Å². The highest BCUT2D eigenvalue weighted by Gasteiger charge is 2.49. The molecular formula is C16H17N3O5. The zero-order valence-electron chi connectivity index (χ0n) is 13.2. The van der Waals surface area contributed by atoms with E-state index in [0.29, 0.717) is 23.6 Å². The number of aryl methyl sites for hydroxylation is 1. The number of aromatic nitrogens is 2. The Morgan fingerprint density at radius 2 is 2.12 bits per heavy atom. The zero-order valence-corrected chi connectivity index (χ0v) is 13.2. The van der Waals surface area contributed by atoms with Crippen LogP contribution in [-0.2, 0) is 9.59 Å². The molecule has 3 atom stereocenters. The fourth-order valence-corrected chi connectivity index (χ4v) is 2.63. The topological polar surface area (TPSA) is 115 Å². The van der Waals surface area contributed by atoms with Crippen molar-refractivity contribution < 1.29 is 24.0 Å². The number of hydrogen-bond donors (Lipinski definition) is 2. The number of ether oxygens (including phenoxy) is 1. The van der Waals surface area contributed by atoms with Gasteiger partial charge in [-0.05, 0) is 12.5 Å². The molecule has 3 unspecified atom stereocenters. The van der Waals surface area contributed by atoms with E-state index in [2.05, 4.69) is 15.5 Å². The first-order chi connectivity index (χ1) is 11.5. The number of carboxylic acids is 1. The van der Waals surface area contributed by atoms with Crippen LogP contribution in [0.3, 0.4) is 0 Å². The van der Waals surface area contributed by atoms with Gasteiger partial charge in [0.25, 0.3) is 0 Å². The lowest BCUT2D eigenvalue weighted by Gasteiger charge is -2.18. The zero-order chi connectivity index (χ0) is 17.3. The number of para-hydroxylation sites is 1. The smallest absolute Gasteiger partial charge is 0.307 e. The summed E-state index contributed by atoms with van der Waals surface area (Å²) in [5.74, 6) is -1.24. The van der Waals surface area contributed by atoms with E-state index >= 15 is 0 Å². The number of rotatable bonds is 6. The van der Waals surface area contributed by atoms with Gasteiger partial charge in [0.1, 0.15) is 11.8 Å². The van der Waals surface area contributed by atoms with Gasteiger partial charge < -0.3 is 19.7 Å². The number of nitrogens with zero attached hydrogens (tertiary/aromatic N) is 2. The maximum absolute atomic E-state index is 12.4. The number of hydrogen-bond acceptors (Lipinski definition) is 6. The van der Waals surface area contributed by atoms with E-state index in [0.717, 1.165) is 0 Å². The van der Waals surface area contributed by atoms with Crippen LogP contribution in [0.15, 0.2) is 28.8 Å². The van der Waals surface area contributed by atoms with Crippen LogP contribution in [0.2, 0.25) is 0 Å². The monoisotopic (exact) mass is 331 g/mol. The number of nitrogens with one attached hydrogen (secondary N) is 1. The molecule has 8 heteroatoms. The molecule has 3 rings (SSSR count). The summed E-state index contributed by atoms with van der Waals surface area (Å²) in [6.45, 7) is 1.65. The molecule has 2 N–H and O–H groups in total. The number of carboxylic acid groups (broad SMARTS) is 1. The van der Waals surface area contributed by atoms with Gasteiger partial charge in [0.05, 0.1) is 18.9 Å². The number of methoxy groups -OCH3 is 1. The Hall–Kier alpha value is -2.90. The van der Waals surface area contributed by atoms with E-state index in [9.17, 15) is 9.59 Å². The van der Waals surface area contributed by atoms with Crippen LogP contribution in [0.4, 0.5) is 0 Å². The predicted octanol–water partition coefficient (Wildman–Crippen LogP) is 1.31. The molecule has 126 valence electrons. The molecule has 1 fully saturated rings. The van der Waals surface area contributed by atoms with Crippen LogP contribution in [0.1, 0.15) is 29.7 Å². The second kappa shape index (κ2) is 6.31. The van der Waals surface area contributed by atoms with Crippen LogP contribution in [0, 0.1) is 18.8 Å². The van der Waals surface area contributed by atoms with Gasteiger partial charge in [0.2, 0.25) is 11.8 Å². The van der Waals surface area contributed by atoms with E-state index in [-0.39, 0.29) is 11.7 Å². The largest absolute Gasteiger partial charge is 0.496 e. The van der Waals surface area contributed by atoms with Crippen LogP contribution in [-0.4, -0.2) is 34.2 Å². The first kappa shape index (κ1) is 16.0. The fraction of sp³-hybridized carbons (Fsp3) is 0.375. The number of aliphatic carboxylic acids is 1. The molecule has 1 aromatic heterocycles. The minimum Gasteiger partial charge on any atom is -0.496 e. The van der Waals surface area contributed by atoms with Crippen molar-refractivity contribution in [3.8, 4) is 5.75 Å². The van der Waals surface area contributed by atoms with Gasteiger partial charge in [-0.1, -0.05) is 23.4 Å². The van der Waals surface area contributed by atoms with Crippen LogP contribution < -0.4 is 10.1 Å². The van der Waals surface area contributed by atoms with Crippen molar-refractivity contribution in [2.24, 2.45) is 11.8 Å². The second-order valence-electron chi connectivity index (χ2n) is 5.64. The summed E-state index contributed by atoms with van der Waals surface area (Å²) in [5, 5.41) is 15.7. The normalized spacial score (nSPS) is 20.2. The van der Waals surface area contributed by atoms with Crippen LogP contribution >= 0.6 is 0 Å². The summed E-state index contributed by atoms with van der Waals surface area (Å²) in [6.07, 6.45) is 0.338. The molecule has 0 aliphatic heterocycles. The SMILES string of the molecule is COc1ccccc1C(NC(=O)C1CC1C(=O)O)c1noc(C)n1. The van der Waals surface area contributed by atoms with E-state index in [1.165, 1.54) is 7.11 Å². The van der Waals surface area contributed by atoms with Crippen molar-refractivity contribution in [3.05, 3.63) is 41.5 Å². The van der Waals surface area contributed by atoms with Crippen molar-refractivity contribution >= 4 is 11.9 Å². The molecule has 1 aliphatic rings. The van der Waals surface area contributed by atoms with Gasteiger partial charge in [0.15, 0.2) is 5.82 Å². The number of carbonyl (C=O) groups is 2. The summed E-state index contributed by atoms with van der Waals surface area (Å²) < 4.78 is 10.4. The quantitative estimate of drug-likeness (QED) is 0.820. The molecule has 24 heavy (non-hydrogen) atoms. The van der Waals surface area contributed by atoms with E-state index in [1.54, 1.807) is 25.1 Å². The van der Waals surface area contributed by atoms with E-state index < -0.39 is 23.8 Å². The summed E-state index contributed by atoms with van der Waals surface area (Å²) in [6, 6.07) is 6.49. The van der Waals surface area contributed by atoms with Gasteiger partial charge in [-0.3, -0.25) is 9.59 Å². The number of amides is 1. The molecule has 1 aromatic carbocycles. The van der Waals surface area contributed by atoms with Gasteiger partial charge >= 0.3 is 5.97 Å². The minimum atomic E-state index is -0.959. The molecule has 8 nitrogen and oxygen atoms in total. The van der Waals surface area contributed by atoms with Crippen LogP contribution in [0.5, 0.6) is 5.75 Å². The lowest BCUT2D eigenvalue weighted by atomic mass is 10.0. The molecule has 0 bridgehead atoms. The molecule has 0 spiro atoms. The highest BCUT2D eigenvalue weighted by atomic mass is 16.5. The Labute approximate surface area is 137 Å². The molecule has 0 radical (unpaired) electrons. The Kier molecular flexibility index (Phi) is 4.20. The molecule has 1 saturated carbocycles. The van der Waals surface area contributed by atoms with Crippen molar-refractivity contribution in [2.45, 2.75) is 19.4 Å². The van der Waals surface area contributed by atoms with E-state index in [1.807, 2.05) is 6.07 Å². The number of carbonyl (C=O) groups excluding carboxylic acids is 1. The second-order valence-corrected chi connectivity index (χ2v) is 5.64. The van der Waals surface area contributed by atoms with Gasteiger partial charge in [0, 0.05) is 12.5 Å². The highest BCUT2D eigenvalue weighted by Crippen LogP contribution is 2.39. The maximum atomic E-state index is 12.4. The fourth-order valence-electron chi connectivity index (χ4n) is 2.63. The molecule has 2 aromatic rings. The Morgan fingerprint density at radius 1 is 1.38 bits per heavy atom. The maximum Gasteiger partial charge on any atom is 0.307 e. The first-order valence-corrected chi connectivity index (χ1v) is 7.47. The molecule has 1 heterocycles. The summed E-state index contributed by atoms with van der Waals surface area (Å²) in [5.41, 5.74) is 0.668. The Morgan fingerprint density at radius 3 is 2.71 bits per heavy atom. The van der Waals surface area contributed by atoms with E-state index in [4.69, 9.17) is 14.4 Å². The summed E-state index contributed by atoms with van der Waals surface area (Å²) in [7, 11) is 1.53. The van der Waals surface area contributed by atoms with Crippen molar-refractivity contribution in [3.63, 3.8) is 0 Å². The van der Waals surface area contributed by atoms with Crippen molar-refractivity contribution in [2.75, 3.05) is 7.11 Å². The lowest BCUT2D eigenvalue weighted by Crippen LogP contribution is -2.32. The third kappa shape index (κ3) is 3.08. The molecule has 1 aliphatic carbocycles. The van der Waals surface area contributed by atoms with Gasteiger partial charge in [-0.15, -0.1) is 0 Å². The first-order valence-electron chi connectivity index (χ1n) is 7.47. The molecular weight excluding hydrogens is 314 g/mol. The summed E-state index contributed by atoms with van der Waals surface area (Å²) in [4.78, 5) is 27.5. The average Bonchev–Trinajstić information content (AvgIpc) is 3.28. The minimum absolute atomic E-state index is 0.290. The highest BCUT2D eigenvalue weighted by molar-refractivity contribution is 5.89. The van der Waals surface area contributed by atoms with Gasteiger partial charge in [-0.25, -0.2) is 0 Å². The van der Waals surface area contributed by atoms with Gasteiger partial charge in [-0.2, -0.15) is 4.98 Å². The van der Waals surface area contributed by atoms with Crippen LogP contribution in [0.25, 0.3) is 0 Å². The predicted molar refractivity (Wildman–Crippen MR) is 81.2 cm³/mol. The average molecular weight is 331 g/mol. The summed E-state index contributed by atoms with van der Waals surface area (Å²) >= 11 is 0. The Bertz CT molecular complexity index is 773. The Balaban J connectivity index is 1.89. The standard InChI is InChI=1S/C16H17N3O5/c1-8-17-14(19-24-8)13(9-5-3-4-6-12(9)23-2)18-15(20)10-7-11(10)16(21)22/h3-6,10-11,13H,7H2,1-2H3,(H,18,20)(H,21,22). The molecule has 1 amide bonds. The van der Waals surface area contributed by atoms with Crippen molar-refractivity contribution in [1.82, 2.24) is 15.5 Å².